The summed E-state index contributed by atoms with van der Waals surface area (Å²) in [4.78, 5) is 21.9. The molecule has 1 aromatic rings. The second-order valence-corrected chi connectivity index (χ2v) is 11.0. The van der Waals surface area contributed by atoms with Crippen LogP contribution in [0.15, 0.2) is 34.2 Å². The molecule has 8 heteroatoms. The standard InChI is InChI=1S/C24H36N4O3S/c29-23(28-17-15-27(16-18-28)19-20-9-3-1-4-10-20)13-5-2-8-14-25-24-21-11-6-7-12-22(21)32(30,31)26-24/h6-7,11-12,20H,1-5,8-10,13-19H2,(H,25,26). The van der Waals surface area contributed by atoms with Crippen molar-refractivity contribution < 1.29 is 13.2 Å². The van der Waals surface area contributed by atoms with Gasteiger partial charge in [0.25, 0.3) is 10.0 Å². The van der Waals surface area contributed by atoms with E-state index in [-0.39, 0.29) is 5.91 Å². The SMILES string of the molecule is O=C(CCCCCN=C1NS(=O)(=O)c2ccccc21)N1CCN(CC2CCCCC2)CC1. The van der Waals surface area contributed by atoms with E-state index < -0.39 is 10.0 Å². The van der Waals surface area contributed by atoms with Gasteiger partial charge in [0.1, 0.15) is 5.84 Å². The van der Waals surface area contributed by atoms with Crippen LogP contribution in [0.3, 0.4) is 0 Å². The average molecular weight is 461 g/mol. The normalized spacial score (nSPS) is 22.6. The van der Waals surface area contributed by atoms with E-state index in [9.17, 15) is 13.2 Å². The summed E-state index contributed by atoms with van der Waals surface area (Å²) in [5.74, 6) is 1.57. The Balaban J connectivity index is 1.11. The number of carbonyl (C=O) groups is 1. The maximum atomic E-state index is 12.5. The molecule has 1 aliphatic carbocycles. The van der Waals surface area contributed by atoms with Crippen LogP contribution in [0.2, 0.25) is 0 Å². The van der Waals surface area contributed by atoms with Crippen molar-refractivity contribution in [1.82, 2.24) is 14.5 Å². The Kier molecular flexibility index (Phi) is 7.84. The number of benzene rings is 1. The van der Waals surface area contributed by atoms with Crippen molar-refractivity contribution in [3.63, 3.8) is 0 Å². The van der Waals surface area contributed by atoms with E-state index in [1.165, 1.54) is 38.6 Å². The maximum Gasteiger partial charge on any atom is 0.263 e. The number of aliphatic imine (C=N–C) groups is 1. The maximum absolute atomic E-state index is 12.5. The number of piperazine rings is 1. The third kappa shape index (κ3) is 5.90. The zero-order chi connectivity index (χ0) is 22.4. The molecule has 32 heavy (non-hydrogen) atoms. The molecule has 1 N–H and O–H groups in total. The molecule has 4 rings (SSSR count). The molecule has 1 saturated heterocycles. The number of nitrogens with one attached hydrogen (secondary N) is 1. The smallest absolute Gasteiger partial charge is 0.263 e. The van der Waals surface area contributed by atoms with Gasteiger partial charge in [-0.1, -0.05) is 37.8 Å². The number of hydrogen-bond acceptors (Lipinski definition) is 5. The molecule has 1 saturated carbocycles. The number of carbonyl (C=O) groups excluding carboxylic acids is 1. The molecule has 7 nitrogen and oxygen atoms in total. The third-order valence-electron chi connectivity index (χ3n) is 6.95. The van der Waals surface area contributed by atoms with Crippen LogP contribution in [0.25, 0.3) is 0 Å². The third-order valence-corrected chi connectivity index (χ3v) is 8.34. The van der Waals surface area contributed by atoms with Gasteiger partial charge in [-0.25, -0.2) is 8.42 Å². The van der Waals surface area contributed by atoms with Crippen molar-refractivity contribution in [3.05, 3.63) is 29.8 Å². The van der Waals surface area contributed by atoms with Crippen molar-refractivity contribution in [3.8, 4) is 0 Å². The van der Waals surface area contributed by atoms with E-state index in [4.69, 9.17) is 0 Å². The average Bonchev–Trinajstić information content (AvgIpc) is 3.07. The first kappa shape index (κ1) is 23.2. The van der Waals surface area contributed by atoms with Crippen LogP contribution in [0.5, 0.6) is 0 Å². The number of amides is 1. The van der Waals surface area contributed by atoms with Gasteiger partial charge in [-0.3, -0.25) is 19.4 Å². The van der Waals surface area contributed by atoms with Gasteiger partial charge in [0.05, 0.1) is 4.90 Å². The van der Waals surface area contributed by atoms with Gasteiger partial charge in [0.2, 0.25) is 5.91 Å². The highest BCUT2D eigenvalue weighted by Gasteiger charge is 2.30. The van der Waals surface area contributed by atoms with Gasteiger partial charge in [-0.15, -0.1) is 0 Å². The van der Waals surface area contributed by atoms with E-state index in [1.807, 2.05) is 11.0 Å². The molecule has 2 fully saturated rings. The Hall–Kier alpha value is -1.93. The summed E-state index contributed by atoms with van der Waals surface area (Å²) < 4.78 is 26.7. The minimum Gasteiger partial charge on any atom is -0.340 e. The fourth-order valence-electron chi connectivity index (χ4n) is 5.08. The van der Waals surface area contributed by atoms with Crippen molar-refractivity contribution in [1.29, 1.82) is 0 Å². The molecule has 176 valence electrons. The predicted molar refractivity (Wildman–Crippen MR) is 126 cm³/mol. The minimum atomic E-state index is -3.47. The van der Waals surface area contributed by atoms with Crippen molar-refractivity contribution in [2.75, 3.05) is 39.3 Å². The lowest BCUT2D eigenvalue weighted by Gasteiger charge is -2.37. The van der Waals surface area contributed by atoms with E-state index >= 15 is 0 Å². The molecular formula is C24H36N4O3S. The second-order valence-electron chi connectivity index (χ2n) is 9.33. The Morgan fingerprint density at radius 3 is 2.53 bits per heavy atom. The lowest BCUT2D eigenvalue weighted by molar-refractivity contribution is -0.133. The zero-order valence-electron chi connectivity index (χ0n) is 19.0. The van der Waals surface area contributed by atoms with Gasteiger partial charge < -0.3 is 4.90 Å². The lowest BCUT2D eigenvalue weighted by Crippen LogP contribution is -2.49. The number of hydrogen-bond donors (Lipinski definition) is 1. The molecule has 1 aromatic carbocycles. The summed E-state index contributed by atoms with van der Waals surface area (Å²) in [6.45, 7) is 5.51. The van der Waals surface area contributed by atoms with Crippen LogP contribution < -0.4 is 4.72 Å². The van der Waals surface area contributed by atoms with E-state index in [2.05, 4.69) is 14.6 Å². The van der Waals surface area contributed by atoms with Crippen LogP contribution in [0.1, 0.15) is 63.4 Å². The van der Waals surface area contributed by atoms with Crippen molar-refractivity contribution >= 4 is 21.8 Å². The zero-order valence-corrected chi connectivity index (χ0v) is 19.8. The highest BCUT2D eigenvalue weighted by Crippen LogP contribution is 2.25. The van der Waals surface area contributed by atoms with Gasteiger partial charge in [-0.05, 0) is 43.7 Å². The van der Waals surface area contributed by atoms with Crippen LogP contribution >= 0.6 is 0 Å². The summed E-state index contributed by atoms with van der Waals surface area (Å²) in [7, 11) is -3.47. The van der Waals surface area contributed by atoms with E-state index in [0.717, 1.165) is 51.4 Å². The first-order chi connectivity index (χ1) is 15.5. The monoisotopic (exact) mass is 460 g/mol. The number of amidine groups is 1. The van der Waals surface area contributed by atoms with Crippen LogP contribution in [-0.2, 0) is 14.8 Å². The fourth-order valence-corrected chi connectivity index (χ4v) is 6.33. The highest BCUT2D eigenvalue weighted by molar-refractivity contribution is 7.90. The molecule has 0 atom stereocenters. The van der Waals surface area contributed by atoms with Crippen molar-refractivity contribution in [2.45, 2.75) is 62.7 Å². The largest absolute Gasteiger partial charge is 0.340 e. The molecule has 0 bridgehead atoms. The van der Waals surface area contributed by atoms with Crippen LogP contribution in [0, 0.1) is 5.92 Å². The molecular weight excluding hydrogens is 424 g/mol. The topological polar surface area (TPSA) is 82.1 Å². The second kappa shape index (κ2) is 10.8. The fraction of sp³-hybridized carbons (Fsp3) is 0.667. The summed E-state index contributed by atoms with van der Waals surface area (Å²) in [5.41, 5.74) is 0.644. The van der Waals surface area contributed by atoms with Gasteiger partial charge in [0.15, 0.2) is 0 Å². The first-order valence-corrected chi connectivity index (χ1v) is 13.7. The summed E-state index contributed by atoms with van der Waals surface area (Å²) in [6, 6.07) is 6.91. The molecule has 3 aliphatic rings. The number of nitrogens with zero attached hydrogens (tertiary/aromatic N) is 3. The number of fused-ring (bicyclic) bond motifs is 1. The van der Waals surface area contributed by atoms with Gasteiger partial charge in [0, 0.05) is 51.3 Å². The van der Waals surface area contributed by atoms with E-state index in [1.54, 1.807) is 18.2 Å². The van der Waals surface area contributed by atoms with Gasteiger partial charge in [-0.2, -0.15) is 0 Å². The molecule has 2 heterocycles. The van der Waals surface area contributed by atoms with Crippen LogP contribution in [-0.4, -0.2) is 69.2 Å². The molecule has 0 aromatic heterocycles. The number of rotatable bonds is 8. The van der Waals surface area contributed by atoms with Crippen molar-refractivity contribution in [2.24, 2.45) is 10.9 Å². The number of unbranched alkanes of at least 4 members (excludes halogenated alkanes) is 2. The minimum absolute atomic E-state index is 0.270. The molecule has 1 amide bonds. The van der Waals surface area contributed by atoms with Gasteiger partial charge >= 0.3 is 0 Å². The summed E-state index contributed by atoms with van der Waals surface area (Å²) in [5, 5.41) is 0. The first-order valence-electron chi connectivity index (χ1n) is 12.2. The predicted octanol–water partition coefficient (Wildman–Crippen LogP) is 3.01. The molecule has 0 spiro atoms. The lowest BCUT2D eigenvalue weighted by atomic mass is 9.89. The molecule has 2 aliphatic heterocycles. The quantitative estimate of drug-likeness (QED) is 0.605. The molecule has 0 radical (unpaired) electrons. The summed E-state index contributed by atoms with van der Waals surface area (Å²) in [6.07, 6.45) is 10.1. The molecule has 0 unspecified atom stereocenters. The Bertz CT molecular complexity index is 917. The summed E-state index contributed by atoms with van der Waals surface area (Å²) >= 11 is 0. The Morgan fingerprint density at radius 2 is 1.75 bits per heavy atom. The van der Waals surface area contributed by atoms with E-state index in [0.29, 0.717) is 29.3 Å². The van der Waals surface area contributed by atoms with Crippen LogP contribution in [0.4, 0.5) is 0 Å². The highest BCUT2D eigenvalue weighted by atomic mass is 32.2. The number of sulfonamides is 1. The Morgan fingerprint density at radius 1 is 1.00 bits per heavy atom. The Labute approximate surface area is 192 Å².